The lowest BCUT2D eigenvalue weighted by molar-refractivity contribution is -0.108. The summed E-state index contributed by atoms with van der Waals surface area (Å²) in [6.07, 6.45) is 2.78. The molecular formula is C14H16F2O2. The standard InChI is InChI=1S/C14H16F2O2/c15-12-7-11(8-13(16)9-12)14(1-4-17)10-2-5-18-6-3-10/h4,7-10,14H,1-3,5-6H2. The molecule has 0 amide bonds. The predicted octanol–water partition coefficient (Wildman–Crippen LogP) is 3.06. The highest BCUT2D eigenvalue weighted by molar-refractivity contribution is 5.52. The maximum absolute atomic E-state index is 13.2. The first-order valence-corrected chi connectivity index (χ1v) is 6.18. The highest BCUT2D eigenvalue weighted by Crippen LogP contribution is 2.34. The van der Waals surface area contributed by atoms with Crippen LogP contribution in [0.5, 0.6) is 0 Å². The smallest absolute Gasteiger partial charge is 0.126 e. The van der Waals surface area contributed by atoms with Crippen LogP contribution >= 0.6 is 0 Å². The molecule has 1 unspecified atom stereocenters. The van der Waals surface area contributed by atoms with Crippen LogP contribution in [-0.4, -0.2) is 19.5 Å². The Morgan fingerprint density at radius 2 is 1.83 bits per heavy atom. The first-order chi connectivity index (χ1) is 8.70. The molecule has 1 aliphatic heterocycles. The van der Waals surface area contributed by atoms with Crippen LogP contribution < -0.4 is 0 Å². The molecule has 98 valence electrons. The third-order valence-electron chi connectivity index (χ3n) is 3.50. The summed E-state index contributed by atoms with van der Waals surface area (Å²) in [5.41, 5.74) is 0.575. The number of aldehydes is 1. The van der Waals surface area contributed by atoms with E-state index in [1.807, 2.05) is 0 Å². The largest absolute Gasteiger partial charge is 0.381 e. The molecule has 0 spiro atoms. The van der Waals surface area contributed by atoms with E-state index in [9.17, 15) is 13.6 Å². The Hall–Kier alpha value is -1.29. The van der Waals surface area contributed by atoms with Gasteiger partial charge in [-0.1, -0.05) is 0 Å². The predicted molar refractivity (Wildman–Crippen MR) is 63.3 cm³/mol. The van der Waals surface area contributed by atoms with Gasteiger partial charge in [0.2, 0.25) is 0 Å². The number of rotatable bonds is 4. The molecule has 0 saturated carbocycles. The van der Waals surface area contributed by atoms with Crippen molar-refractivity contribution in [2.75, 3.05) is 13.2 Å². The van der Waals surface area contributed by atoms with Crippen LogP contribution in [0.25, 0.3) is 0 Å². The Balaban J connectivity index is 2.24. The highest BCUT2D eigenvalue weighted by atomic mass is 19.1. The van der Waals surface area contributed by atoms with Gasteiger partial charge in [-0.25, -0.2) is 8.78 Å². The second-order valence-electron chi connectivity index (χ2n) is 4.66. The summed E-state index contributed by atoms with van der Waals surface area (Å²) < 4.78 is 31.8. The van der Waals surface area contributed by atoms with E-state index in [2.05, 4.69) is 0 Å². The van der Waals surface area contributed by atoms with Gasteiger partial charge in [-0.15, -0.1) is 0 Å². The van der Waals surface area contributed by atoms with Gasteiger partial charge in [-0.2, -0.15) is 0 Å². The molecule has 0 radical (unpaired) electrons. The molecule has 18 heavy (non-hydrogen) atoms. The van der Waals surface area contributed by atoms with Crippen LogP contribution in [-0.2, 0) is 9.53 Å². The summed E-state index contributed by atoms with van der Waals surface area (Å²) in [6.45, 7) is 1.30. The van der Waals surface area contributed by atoms with Crippen LogP contribution in [0.15, 0.2) is 18.2 Å². The molecule has 2 rings (SSSR count). The van der Waals surface area contributed by atoms with Crippen molar-refractivity contribution in [2.45, 2.75) is 25.2 Å². The molecule has 1 saturated heterocycles. The fraction of sp³-hybridized carbons (Fsp3) is 0.500. The van der Waals surface area contributed by atoms with Crippen molar-refractivity contribution in [1.29, 1.82) is 0 Å². The van der Waals surface area contributed by atoms with E-state index >= 15 is 0 Å². The van der Waals surface area contributed by atoms with E-state index in [-0.39, 0.29) is 11.8 Å². The number of ether oxygens (including phenoxy) is 1. The lowest BCUT2D eigenvalue weighted by atomic mass is 9.79. The Bertz CT molecular complexity index is 394. The summed E-state index contributed by atoms with van der Waals surface area (Å²) in [4.78, 5) is 10.8. The van der Waals surface area contributed by atoms with Crippen LogP contribution in [0.1, 0.15) is 30.7 Å². The topological polar surface area (TPSA) is 26.3 Å². The molecule has 1 aromatic carbocycles. The van der Waals surface area contributed by atoms with Crippen LogP contribution in [0.4, 0.5) is 8.78 Å². The summed E-state index contributed by atoms with van der Waals surface area (Å²) in [5.74, 6) is -1.04. The molecular weight excluding hydrogens is 238 g/mol. The van der Waals surface area contributed by atoms with Gasteiger partial charge in [0.25, 0.3) is 0 Å². The lowest BCUT2D eigenvalue weighted by Gasteiger charge is -2.29. The molecule has 2 nitrogen and oxygen atoms in total. The number of hydrogen-bond donors (Lipinski definition) is 0. The van der Waals surface area contributed by atoms with Gasteiger partial charge in [0.15, 0.2) is 0 Å². The molecule has 1 aromatic rings. The number of hydrogen-bond acceptors (Lipinski definition) is 2. The maximum Gasteiger partial charge on any atom is 0.126 e. The van der Waals surface area contributed by atoms with Crippen molar-refractivity contribution in [2.24, 2.45) is 5.92 Å². The second-order valence-corrected chi connectivity index (χ2v) is 4.66. The minimum absolute atomic E-state index is 0.114. The summed E-state index contributed by atoms with van der Waals surface area (Å²) in [6, 6.07) is 3.50. The van der Waals surface area contributed by atoms with E-state index in [1.54, 1.807) is 0 Å². The normalized spacial score (nSPS) is 18.6. The van der Waals surface area contributed by atoms with E-state index in [1.165, 1.54) is 12.1 Å². The fourth-order valence-electron chi connectivity index (χ4n) is 2.61. The average molecular weight is 254 g/mol. The van der Waals surface area contributed by atoms with E-state index in [4.69, 9.17) is 4.74 Å². The first kappa shape index (κ1) is 13.1. The monoisotopic (exact) mass is 254 g/mol. The van der Waals surface area contributed by atoms with Crippen molar-refractivity contribution in [1.82, 2.24) is 0 Å². The fourth-order valence-corrected chi connectivity index (χ4v) is 2.61. The Kier molecular flexibility index (Phi) is 4.42. The zero-order valence-corrected chi connectivity index (χ0v) is 10.1. The molecule has 1 heterocycles. The molecule has 0 N–H and O–H groups in total. The van der Waals surface area contributed by atoms with Gasteiger partial charge in [0, 0.05) is 25.7 Å². The van der Waals surface area contributed by atoms with Gasteiger partial charge in [0.1, 0.15) is 17.9 Å². The third-order valence-corrected chi connectivity index (χ3v) is 3.50. The molecule has 1 aliphatic rings. The van der Waals surface area contributed by atoms with Gasteiger partial charge >= 0.3 is 0 Å². The maximum atomic E-state index is 13.2. The molecule has 4 heteroatoms. The minimum Gasteiger partial charge on any atom is -0.381 e. The van der Waals surface area contributed by atoms with E-state index < -0.39 is 11.6 Å². The molecule has 0 aromatic heterocycles. The Morgan fingerprint density at radius 1 is 1.22 bits per heavy atom. The minimum atomic E-state index is -0.590. The first-order valence-electron chi connectivity index (χ1n) is 6.18. The van der Waals surface area contributed by atoms with Crippen molar-refractivity contribution < 1.29 is 18.3 Å². The average Bonchev–Trinajstić information content (AvgIpc) is 2.36. The molecule has 0 bridgehead atoms. The second kappa shape index (κ2) is 6.05. The van der Waals surface area contributed by atoms with Crippen molar-refractivity contribution >= 4 is 6.29 Å². The van der Waals surface area contributed by atoms with Crippen molar-refractivity contribution in [3.05, 3.63) is 35.4 Å². The van der Waals surface area contributed by atoms with Gasteiger partial charge < -0.3 is 9.53 Å². The quantitative estimate of drug-likeness (QED) is 0.772. The summed E-state index contributed by atoms with van der Waals surface area (Å²) in [7, 11) is 0. The van der Waals surface area contributed by atoms with Crippen LogP contribution in [0.3, 0.4) is 0 Å². The van der Waals surface area contributed by atoms with Crippen molar-refractivity contribution in [3.8, 4) is 0 Å². The van der Waals surface area contributed by atoms with Crippen LogP contribution in [0, 0.1) is 17.6 Å². The molecule has 1 fully saturated rings. The SMILES string of the molecule is O=CCC(c1cc(F)cc(F)c1)C1CCOCC1. The number of halogens is 2. The van der Waals surface area contributed by atoms with Gasteiger partial charge in [-0.05, 0) is 42.4 Å². The Labute approximate surface area is 105 Å². The highest BCUT2D eigenvalue weighted by Gasteiger charge is 2.25. The molecule has 1 atom stereocenters. The summed E-state index contributed by atoms with van der Waals surface area (Å²) in [5, 5.41) is 0. The van der Waals surface area contributed by atoms with Gasteiger partial charge in [-0.3, -0.25) is 0 Å². The van der Waals surface area contributed by atoms with E-state index in [0.717, 1.165) is 25.2 Å². The van der Waals surface area contributed by atoms with Crippen LogP contribution in [0.2, 0.25) is 0 Å². The number of carbonyl (C=O) groups is 1. The number of carbonyl (C=O) groups excluding carboxylic acids is 1. The summed E-state index contributed by atoms with van der Waals surface area (Å²) >= 11 is 0. The van der Waals surface area contributed by atoms with E-state index in [0.29, 0.717) is 25.2 Å². The van der Waals surface area contributed by atoms with Crippen molar-refractivity contribution in [3.63, 3.8) is 0 Å². The lowest BCUT2D eigenvalue weighted by Crippen LogP contribution is -2.22. The third kappa shape index (κ3) is 3.13. The van der Waals surface area contributed by atoms with Gasteiger partial charge in [0.05, 0.1) is 0 Å². The zero-order valence-electron chi connectivity index (χ0n) is 10.1. The Morgan fingerprint density at radius 3 is 2.39 bits per heavy atom. The molecule has 0 aliphatic carbocycles. The zero-order chi connectivity index (χ0) is 13.0. The number of benzene rings is 1.